The van der Waals surface area contributed by atoms with Gasteiger partial charge < -0.3 is 24.6 Å². The van der Waals surface area contributed by atoms with Crippen molar-refractivity contribution in [2.24, 2.45) is 0 Å². The maximum absolute atomic E-state index is 9.59. The molecule has 0 amide bonds. The Balaban J connectivity index is 2.61. The summed E-state index contributed by atoms with van der Waals surface area (Å²) in [6.07, 6.45) is 2.27. The van der Waals surface area contributed by atoms with Crippen molar-refractivity contribution in [3.63, 3.8) is 0 Å². The Bertz CT molecular complexity index is 428. The molecular weight excluding hydrogens is 290 g/mol. The molecule has 0 fully saturated rings. The van der Waals surface area contributed by atoms with Crippen LogP contribution in [0.15, 0.2) is 17.0 Å². The van der Waals surface area contributed by atoms with Gasteiger partial charge in [-0.3, -0.25) is 0 Å². The minimum atomic E-state index is -0.423. The summed E-state index contributed by atoms with van der Waals surface area (Å²) in [5.74, 6) is 1.47. The zero-order valence-electron chi connectivity index (χ0n) is 13.1. The number of rotatable bonds is 10. The highest BCUT2D eigenvalue weighted by Crippen LogP contribution is 2.34. The lowest BCUT2D eigenvalue weighted by Gasteiger charge is -2.15. The molecule has 0 bridgehead atoms. The van der Waals surface area contributed by atoms with E-state index in [1.54, 1.807) is 33.1 Å². The van der Waals surface area contributed by atoms with Crippen LogP contribution in [0.1, 0.15) is 12.0 Å². The summed E-state index contributed by atoms with van der Waals surface area (Å²) in [6, 6.07) is 3.98. The molecular formula is C15H25NO4S. The van der Waals surface area contributed by atoms with Crippen molar-refractivity contribution < 1.29 is 19.3 Å². The van der Waals surface area contributed by atoms with Gasteiger partial charge in [-0.05, 0) is 36.9 Å². The summed E-state index contributed by atoms with van der Waals surface area (Å²) < 4.78 is 15.5. The van der Waals surface area contributed by atoms with Gasteiger partial charge in [0.2, 0.25) is 0 Å². The van der Waals surface area contributed by atoms with E-state index in [4.69, 9.17) is 14.2 Å². The third-order valence-electron chi connectivity index (χ3n) is 3.12. The molecule has 1 atom stereocenters. The highest BCUT2D eigenvalue weighted by atomic mass is 32.2. The number of aliphatic hydroxyl groups is 1. The van der Waals surface area contributed by atoms with E-state index in [9.17, 15) is 5.11 Å². The first-order valence-electron chi connectivity index (χ1n) is 6.82. The molecule has 21 heavy (non-hydrogen) atoms. The van der Waals surface area contributed by atoms with Crippen LogP contribution in [0.25, 0.3) is 0 Å². The second-order valence-corrected chi connectivity index (χ2v) is 5.44. The lowest BCUT2D eigenvalue weighted by atomic mass is 10.2. The number of nitrogens with one attached hydrogen (secondary N) is 1. The van der Waals surface area contributed by atoms with Crippen molar-refractivity contribution in [3.8, 4) is 11.5 Å². The number of benzene rings is 1. The molecule has 1 unspecified atom stereocenters. The van der Waals surface area contributed by atoms with E-state index in [2.05, 4.69) is 5.32 Å². The van der Waals surface area contributed by atoms with E-state index in [-0.39, 0.29) is 0 Å². The highest BCUT2D eigenvalue weighted by Gasteiger charge is 2.10. The number of aliphatic hydroxyl groups excluding tert-OH is 1. The Labute approximate surface area is 131 Å². The molecule has 0 saturated carbocycles. The normalized spacial score (nSPS) is 12.2. The minimum Gasteiger partial charge on any atom is -0.493 e. The largest absolute Gasteiger partial charge is 0.493 e. The Kier molecular flexibility index (Phi) is 8.52. The standard InChI is InChI=1S/C15H25NO4S/c1-18-10-12(17)5-6-16-9-11-7-13(19-2)14(20-3)8-15(11)21-4/h7-8,12,16-17H,5-6,9-10H2,1-4H3. The highest BCUT2D eigenvalue weighted by molar-refractivity contribution is 7.98. The number of thioether (sulfide) groups is 1. The van der Waals surface area contributed by atoms with Gasteiger partial charge in [0.25, 0.3) is 0 Å². The molecule has 5 nitrogen and oxygen atoms in total. The number of hydrogen-bond acceptors (Lipinski definition) is 6. The number of hydrogen-bond donors (Lipinski definition) is 2. The average molecular weight is 315 g/mol. The smallest absolute Gasteiger partial charge is 0.161 e. The van der Waals surface area contributed by atoms with Crippen LogP contribution in [-0.4, -0.2) is 51.9 Å². The molecule has 0 aliphatic carbocycles. The van der Waals surface area contributed by atoms with Crippen LogP contribution in [0.3, 0.4) is 0 Å². The molecule has 1 aromatic rings. The molecule has 0 spiro atoms. The van der Waals surface area contributed by atoms with Gasteiger partial charge in [-0.2, -0.15) is 0 Å². The maximum atomic E-state index is 9.59. The van der Waals surface area contributed by atoms with Gasteiger partial charge in [0.15, 0.2) is 11.5 Å². The lowest BCUT2D eigenvalue weighted by Crippen LogP contribution is -2.23. The van der Waals surface area contributed by atoms with Crippen molar-refractivity contribution in [3.05, 3.63) is 17.7 Å². The third-order valence-corrected chi connectivity index (χ3v) is 3.94. The first kappa shape index (κ1) is 18.1. The van der Waals surface area contributed by atoms with Crippen LogP contribution in [0, 0.1) is 0 Å². The topological polar surface area (TPSA) is 60.0 Å². The molecule has 0 aliphatic rings. The van der Waals surface area contributed by atoms with E-state index < -0.39 is 6.10 Å². The molecule has 2 N–H and O–H groups in total. The molecule has 120 valence electrons. The van der Waals surface area contributed by atoms with Crippen molar-refractivity contribution in [1.82, 2.24) is 5.32 Å². The Morgan fingerprint density at radius 1 is 1.19 bits per heavy atom. The molecule has 0 radical (unpaired) electrons. The molecule has 0 aromatic heterocycles. The monoisotopic (exact) mass is 315 g/mol. The van der Waals surface area contributed by atoms with E-state index in [0.717, 1.165) is 35.0 Å². The van der Waals surface area contributed by atoms with Gasteiger partial charge in [-0.1, -0.05) is 0 Å². The van der Waals surface area contributed by atoms with E-state index in [1.807, 2.05) is 18.4 Å². The minimum absolute atomic E-state index is 0.369. The molecule has 0 heterocycles. The lowest BCUT2D eigenvalue weighted by molar-refractivity contribution is 0.0594. The fourth-order valence-corrected chi connectivity index (χ4v) is 2.62. The molecule has 6 heteroatoms. The second-order valence-electron chi connectivity index (χ2n) is 4.59. The summed E-state index contributed by atoms with van der Waals surface area (Å²) in [5, 5.41) is 12.9. The van der Waals surface area contributed by atoms with Gasteiger partial charge in [-0.15, -0.1) is 11.8 Å². The van der Waals surface area contributed by atoms with Gasteiger partial charge in [0.1, 0.15) is 0 Å². The zero-order chi connectivity index (χ0) is 15.7. The van der Waals surface area contributed by atoms with Gasteiger partial charge in [0, 0.05) is 18.6 Å². The van der Waals surface area contributed by atoms with Crippen LogP contribution in [0.5, 0.6) is 11.5 Å². The maximum Gasteiger partial charge on any atom is 0.161 e. The Morgan fingerprint density at radius 3 is 2.43 bits per heavy atom. The van der Waals surface area contributed by atoms with E-state index in [1.165, 1.54) is 0 Å². The Hall–Kier alpha value is -0.950. The molecule has 0 aliphatic heterocycles. The van der Waals surface area contributed by atoms with Crippen molar-refractivity contribution >= 4 is 11.8 Å². The van der Waals surface area contributed by atoms with Gasteiger partial charge in [0.05, 0.1) is 26.9 Å². The van der Waals surface area contributed by atoms with Crippen molar-refractivity contribution in [2.45, 2.75) is 24.0 Å². The zero-order valence-corrected chi connectivity index (χ0v) is 14.0. The predicted octanol–water partition coefficient (Wildman–Crippen LogP) is 1.91. The van der Waals surface area contributed by atoms with Crippen LogP contribution >= 0.6 is 11.8 Å². The summed E-state index contributed by atoms with van der Waals surface area (Å²) in [6.45, 7) is 1.82. The SMILES string of the molecule is COCC(O)CCNCc1cc(OC)c(OC)cc1SC. The Morgan fingerprint density at radius 2 is 1.86 bits per heavy atom. The van der Waals surface area contributed by atoms with E-state index >= 15 is 0 Å². The average Bonchev–Trinajstić information content (AvgIpc) is 2.51. The second kappa shape index (κ2) is 9.89. The molecule has 1 aromatic carbocycles. The van der Waals surface area contributed by atoms with E-state index in [0.29, 0.717) is 13.0 Å². The summed E-state index contributed by atoms with van der Waals surface area (Å²) >= 11 is 1.67. The predicted molar refractivity (Wildman–Crippen MR) is 85.5 cm³/mol. The van der Waals surface area contributed by atoms with Gasteiger partial charge in [-0.25, -0.2) is 0 Å². The van der Waals surface area contributed by atoms with Crippen molar-refractivity contribution in [2.75, 3.05) is 40.7 Å². The van der Waals surface area contributed by atoms with Crippen LogP contribution < -0.4 is 14.8 Å². The quantitative estimate of drug-likeness (QED) is 0.508. The summed E-state index contributed by atoms with van der Waals surface area (Å²) in [7, 11) is 4.86. The van der Waals surface area contributed by atoms with Crippen LogP contribution in [0.4, 0.5) is 0 Å². The number of methoxy groups -OCH3 is 3. The summed E-state index contributed by atoms with van der Waals surface area (Å²) in [4.78, 5) is 1.15. The summed E-state index contributed by atoms with van der Waals surface area (Å²) in [5.41, 5.74) is 1.15. The fraction of sp³-hybridized carbons (Fsp3) is 0.600. The van der Waals surface area contributed by atoms with Crippen LogP contribution in [0.2, 0.25) is 0 Å². The van der Waals surface area contributed by atoms with Gasteiger partial charge >= 0.3 is 0 Å². The fourth-order valence-electron chi connectivity index (χ4n) is 2.00. The third kappa shape index (κ3) is 5.74. The molecule has 1 rings (SSSR count). The van der Waals surface area contributed by atoms with Crippen LogP contribution in [-0.2, 0) is 11.3 Å². The van der Waals surface area contributed by atoms with Crippen molar-refractivity contribution in [1.29, 1.82) is 0 Å². The molecule has 0 saturated heterocycles. The number of ether oxygens (including phenoxy) is 3. The first-order chi connectivity index (χ1) is 10.2. The first-order valence-corrected chi connectivity index (χ1v) is 8.05.